The van der Waals surface area contributed by atoms with Crippen molar-refractivity contribution in [2.45, 2.75) is 19.3 Å². The van der Waals surface area contributed by atoms with Crippen LogP contribution < -0.4 is 0 Å². The van der Waals surface area contributed by atoms with Gasteiger partial charge in [0.05, 0.1) is 0 Å². The molecule has 120 valence electrons. The summed E-state index contributed by atoms with van der Waals surface area (Å²) in [5.41, 5.74) is 9.53. The van der Waals surface area contributed by atoms with Crippen molar-refractivity contribution in [1.29, 1.82) is 0 Å². The molecule has 0 aliphatic heterocycles. The van der Waals surface area contributed by atoms with Gasteiger partial charge in [-0.15, -0.1) is 0 Å². The maximum Gasteiger partial charge on any atom is 0.189 e. The molecule has 0 saturated heterocycles. The minimum Gasteiger partial charge on any atom is -0.289 e. The molecule has 3 aromatic rings. The van der Waals surface area contributed by atoms with Crippen molar-refractivity contribution in [1.82, 2.24) is 0 Å². The number of benzene rings is 3. The maximum absolute atomic E-state index is 12.8. The summed E-state index contributed by atoms with van der Waals surface area (Å²) in [6.07, 6.45) is 4.85. The summed E-state index contributed by atoms with van der Waals surface area (Å²) in [6, 6.07) is 23.2. The van der Waals surface area contributed by atoms with Crippen LogP contribution in [0.25, 0.3) is 17.2 Å². The van der Waals surface area contributed by atoms with E-state index in [1.54, 1.807) is 0 Å². The van der Waals surface area contributed by atoms with Crippen LogP contribution in [0.5, 0.6) is 0 Å². The van der Waals surface area contributed by atoms with E-state index in [0.29, 0.717) is 0 Å². The lowest BCUT2D eigenvalue weighted by atomic mass is 9.86. The number of fused-ring (bicyclic) bond motifs is 4. The average Bonchev–Trinajstić information content (AvgIpc) is 3.02. The van der Waals surface area contributed by atoms with Crippen LogP contribution in [0.4, 0.5) is 0 Å². The van der Waals surface area contributed by atoms with Gasteiger partial charge in [0.1, 0.15) is 0 Å². The quantitative estimate of drug-likeness (QED) is 0.425. The van der Waals surface area contributed by atoms with Gasteiger partial charge in [0, 0.05) is 11.1 Å². The van der Waals surface area contributed by atoms with Gasteiger partial charge in [0.25, 0.3) is 0 Å². The van der Waals surface area contributed by atoms with Gasteiger partial charge in [-0.3, -0.25) is 4.79 Å². The van der Waals surface area contributed by atoms with E-state index in [9.17, 15) is 4.79 Å². The molecule has 1 heteroatoms. The highest BCUT2D eigenvalue weighted by atomic mass is 16.1. The first-order chi connectivity index (χ1) is 12.3. The zero-order valence-electron chi connectivity index (χ0n) is 14.0. The molecule has 0 saturated carbocycles. The molecule has 0 amide bonds. The van der Waals surface area contributed by atoms with Gasteiger partial charge in [-0.1, -0.05) is 66.7 Å². The van der Waals surface area contributed by atoms with Gasteiger partial charge in [0.15, 0.2) is 5.78 Å². The van der Waals surface area contributed by atoms with Crippen LogP contribution in [-0.4, -0.2) is 5.78 Å². The first-order valence-electron chi connectivity index (χ1n) is 8.84. The normalized spacial score (nSPS) is 16.5. The Morgan fingerprint density at radius 2 is 1.40 bits per heavy atom. The third-order valence-electron chi connectivity index (χ3n) is 5.38. The first kappa shape index (κ1) is 14.4. The highest BCUT2D eigenvalue weighted by Crippen LogP contribution is 2.37. The monoisotopic (exact) mass is 322 g/mol. The maximum atomic E-state index is 12.8. The second-order valence-electron chi connectivity index (χ2n) is 6.91. The number of hydrogen-bond acceptors (Lipinski definition) is 1. The summed E-state index contributed by atoms with van der Waals surface area (Å²) in [7, 11) is 0. The Morgan fingerprint density at radius 1 is 0.680 bits per heavy atom. The minimum absolute atomic E-state index is 0.186. The Balaban J connectivity index is 1.51. The molecule has 2 aliphatic rings. The molecule has 0 bridgehead atoms. The molecular weight excluding hydrogens is 304 g/mol. The molecule has 0 spiro atoms. The number of rotatable bonds is 1. The molecular formula is C24H18O. The van der Waals surface area contributed by atoms with E-state index < -0.39 is 0 Å². The number of aryl methyl sites for hydroxylation is 1. The van der Waals surface area contributed by atoms with Crippen LogP contribution >= 0.6 is 0 Å². The van der Waals surface area contributed by atoms with Gasteiger partial charge in [-0.25, -0.2) is 0 Å². The SMILES string of the molecule is O=C1/C(=C\c2ccc3c(c2)Cc2ccccc2-3)CCc2ccccc21. The Bertz CT molecular complexity index is 1040. The number of allylic oxidation sites excluding steroid dienone is 1. The van der Waals surface area contributed by atoms with Gasteiger partial charge in [-0.2, -0.15) is 0 Å². The van der Waals surface area contributed by atoms with Crippen LogP contribution in [-0.2, 0) is 12.8 Å². The van der Waals surface area contributed by atoms with Crippen LogP contribution in [0.2, 0.25) is 0 Å². The lowest BCUT2D eigenvalue weighted by Gasteiger charge is -2.17. The molecule has 0 heterocycles. The summed E-state index contributed by atoms with van der Waals surface area (Å²) in [6.45, 7) is 0. The first-order valence-corrected chi connectivity index (χ1v) is 8.84. The molecule has 0 unspecified atom stereocenters. The third kappa shape index (κ3) is 2.35. The van der Waals surface area contributed by atoms with Gasteiger partial charge in [0.2, 0.25) is 0 Å². The highest BCUT2D eigenvalue weighted by molar-refractivity contribution is 6.13. The number of Topliss-reactive ketones (excluding diaryl/α,β-unsaturated/α-hetero) is 1. The van der Waals surface area contributed by atoms with E-state index >= 15 is 0 Å². The number of ketones is 1. The van der Waals surface area contributed by atoms with Crippen molar-refractivity contribution < 1.29 is 4.79 Å². The Kier molecular flexibility index (Phi) is 3.21. The second-order valence-corrected chi connectivity index (χ2v) is 6.91. The molecule has 1 nitrogen and oxygen atoms in total. The van der Waals surface area contributed by atoms with E-state index in [1.807, 2.05) is 18.2 Å². The van der Waals surface area contributed by atoms with Crippen LogP contribution in [0.3, 0.4) is 0 Å². The van der Waals surface area contributed by atoms with Crippen molar-refractivity contribution in [3.63, 3.8) is 0 Å². The number of hydrogen-bond donors (Lipinski definition) is 0. The molecule has 2 aliphatic carbocycles. The predicted molar refractivity (Wildman–Crippen MR) is 102 cm³/mol. The Labute approximate surface area is 147 Å². The molecule has 0 fully saturated rings. The topological polar surface area (TPSA) is 17.1 Å². The minimum atomic E-state index is 0.186. The summed E-state index contributed by atoms with van der Waals surface area (Å²) in [5, 5.41) is 0. The Morgan fingerprint density at radius 3 is 2.28 bits per heavy atom. The molecule has 0 aromatic heterocycles. The van der Waals surface area contributed by atoms with E-state index in [-0.39, 0.29) is 5.78 Å². The van der Waals surface area contributed by atoms with E-state index in [0.717, 1.165) is 36.0 Å². The van der Waals surface area contributed by atoms with Crippen molar-refractivity contribution in [3.8, 4) is 11.1 Å². The van der Waals surface area contributed by atoms with E-state index in [2.05, 4.69) is 54.6 Å². The number of carbonyl (C=O) groups excluding carboxylic acids is 1. The lowest BCUT2D eigenvalue weighted by molar-refractivity contribution is 0.102. The summed E-state index contributed by atoms with van der Waals surface area (Å²) >= 11 is 0. The van der Waals surface area contributed by atoms with Crippen molar-refractivity contribution in [2.75, 3.05) is 0 Å². The fraction of sp³-hybridized carbons (Fsp3) is 0.125. The fourth-order valence-electron chi connectivity index (χ4n) is 4.11. The number of carbonyl (C=O) groups is 1. The van der Waals surface area contributed by atoms with Crippen LogP contribution in [0.15, 0.2) is 72.3 Å². The van der Waals surface area contributed by atoms with Gasteiger partial charge >= 0.3 is 0 Å². The van der Waals surface area contributed by atoms with E-state index in [1.165, 1.54) is 27.8 Å². The smallest absolute Gasteiger partial charge is 0.189 e. The fourth-order valence-corrected chi connectivity index (χ4v) is 4.11. The molecule has 0 radical (unpaired) electrons. The van der Waals surface area contributed by atoms with Crippen molar-refractivity contribution >= 4 is 11.9 Å². The standard InChI is InChI=1S/C24H18O/c25-24-19(11-10-17-5-1-4-8-23(17)24)13-16-9-12-22-20(14-16)15-18-6-2-3-7-21(18)22/h1-9,12-14H,10-11,15H2/b19-13-. The molecule has 0 atom stereocenters. The largest absolute Gasteiger partial charge is 0.289 e. The lowest BCUT2D eigenvalue weighted by Crippen LogP contribution is -2.13. The predicted octanol–water partition coefficient (Wildman–Crippen LogP) is 5.47. The Hall–Kier alpha value is -2.93. The van der Waals surface area contributed by atoms with Gasteiger partial charge in [-0.05, 0) is 58.7 Å². The highest BCUT2D eigenvalue weighted by Gasteiger charge is 2.22. The summed E-state index contributed by atoms with van der Waals surface area (Å²) in [5.74, 6) is 0.186. The molecule has 25 heavy (non-hydrogen) atoms. The van der Waals surface area contributed by atoms with Gasteiger partial charge < -0.3 is 0 Å². The second kappa shape index (κ2) is 5.56. The summed E-state index contributed by atoms with van der Waals surface area (Å²) in [4.78, 5) is 12.8. The average molecular weight is 322 g/mol. The molecule has 0 N–H and O–H groups in total. The molecule has 5 rings (SSSR count). The van der Waals surface area contributed by atoms with Crippen LogP contribution in [0, 0.1) is 0 Å². The molecule has 3 aromatic carbocycles. The zero-order chi connectivity index (χ0) is 16.8. The third-order valence-corrected chi connectivity index (χ3v) is 5.38. The van der Waals surface area contributed by atoms with Crippen molar-refractivity contribution in [2.24, 2.45) is 0 Å². The summed E-state index contributed by atoms with van der Waals surface area (Å²) < 4.78 is 0. The zero-order valence-corrected chi connectivity index (χ0v) is 14.0. The van der Waals surface area contributed by atoms with Crippen LogP contribution in [0.1, 0.15) is 39.0 Å². The van der Waals surface area contributed by atoms with Crippen molar-refractivity contribution in [3.05, 3.63) is 100 Å². The van der Waals surface area contributed by atoms with E-state index in [4.69, 9.17) is 0 Å².